The molecule has 0 fully saturated rings. The van der Waals surface area contributed by atoms with E-state index in [-0.39, 0.29) is 26.3 Å². The van der Waals surface area contributed by atoms with Crippen LogP contribution in [0.15, 0.2) is 59.1 Å². The van der Waals surface area contributed by atoms with Gasteiger partial charge in [0.1, 0.15) is 21.3 Å². The van der Waals surface area contributed by atoms with Gasteiger partial charge in [-0.1, -0.05) is 48.5 Å². The first-order valence-corrected chi connectivity index (χ1v) is 10.5. The third-order valence-electron chi connectivity index (χ3n) is 5.64. The first-order chi connectivity index (χ1) is 15.8. The number of hydrogen-bond acceptors (Lipinski definition) is 7. The Morgan fingerprint density at radius 2 is 1.03 bits per heavy atom. The highest BCUT2D eigenvalue weighted by atomic mass is 79.9. The van der Waals surface area contributed by atoms with Crippen LogP contribution in [-0.4, -0.2) is 40.3 Å². The summed E-state index contributed by atoms with van der Waals surface area (Å²) in [7, 11) is 0. The lowest BCUT2D eigenvalue weighted by Gasteiger charge is -2.16. The zero-order chi connectivity index (χ0) is 23.6. The molecular formula is C24H16BrNO7. The van der Waals surface area contributed by atoms with Gasteiger partial charge >= 0.3 is 0 Å². The van der Waals surface area contributed by atoms with Crippen molar-refractivity contribution in [1.29, 1.82) is 0 Å². The summed E-state index contributed by atoms with van der Waals surface area (Å²) in [5.74, 6) is -5.49. The largest absolute Gasteiger partial charge is 0.506 e. The fourth-order valence-corrected chi connectivity index (χ4v) is 4.53. The smallest absolute Gasteiger partial charge is 0.206 e. The Morgan fingerprint density at radius 3 is 1.70 bits per heavy atom. The number of fused-ring (bicyclic) bond motifs is 3. The molecule has 0 spiro atoms. The highest BCUT2D eigenvalue weighted by Gasteiger charge is 2.31. The van der Waals surface area contributed by atoms with Gasteiger partial charge in [0.25, 0.3) is 0 Å². The molecule has 4 aromatic carbocycles. The highest BCUT2D eigenvalue weighted by molar-refractivity contribution is 9.10. The number of para-hydroxylation sites is 1. The fraction of sp³-hybridized carbons (Fsp3) is 0. The van der Waals surface area contributed by atoms with Crippen LogP contribution in [0.3, 0.4) is 0 Å². The van der Waals surface area contributed by atoms with E-state index in [4.69, 9.17) is 0 Å². The molecule has 9 heteroatoms. The van der Waals surface area contributed by atoms with Gasteiger partial charge in [0.15, 0.2) is 23.0 Å². The van der Waals surface area contributed by atoms with Crippen LogP contribution in [0.2, 0.25) is 0 Å². The molecule has 0 saturated heterocycles. The maximum Gasteiger partial charge on any atom is 0.206 e. The van der Waals surface area contributed by atoms with E-state index in [0.29, 0.717) is 11.3 Å². The summed E-state index contributed by atoms with van der Waals surface area (Å²) in [5.41, 5.74) is 1.44. The average Bonchev–Trinajstić information content (AvgIpc) is 3.20. The van der Waals surface area contributed by atoms with Crippen molar-refractivity contribution >= 4 is 37.7 Å². The number of rotatable bonds is 2. The number of aromatic nitrogens is 1. The summed E-state index contributed by atoms with van der Waals surface area (Å²) < 4.78 is 1.04. The molecule has 0 radical (unpaired) electrons. The first-order valence-electron chi connectivity index (χ1n) is 9.66. The van der Waals surface area contributed by atoms with Crippen LogP contribution in [0.4, 0.5) is 0 Å². The lowest BCUT2D eigenvalue weighted by Crippen LogP contribution is -1.98. The Bertz CT molecular complexity index is 1520. The average molecular weight is 510 g/mol. The van der Waals surface area contributed by atoms with Gasteiger partial charge in [-0.3, -0.25) is 0 Å². The second-order valence-corrected chi connectivity index (χ2v) is 8.21. The van der Waals surface area contributed by atoms with Gasteiger partial charge in [-0.25, -0.2) is 0 Å². The van der Waals surface area contributed by atoms with Crippen LogP contribution < -0.4 is 0 Å². The SMILES string of the molecule is Oc1c(O)c(O)c2c(c1O)c1c(O)c(Br)c(O)c(O)c1n2-c1ccccc1-c1ccccc1. The Balaban J connectivity index is 2.11. The van der Waals surface area contributed by atoms with Crippen molar-refractivity contribution in [2.24, 2.45) is 0 Å². The van der Waals surface area contributed by atoms with E-state index in [2.05, 4.69) is 15.9 Å². The van der Waals surface area contributed by atoms with Crippen molar-refractivity contribution in [1.82, 2.24) is 4.57 Å². The third-order valence-corrected chi connectivity index (χ3v) is 6.39. The van der Waals surface area contributed by atoms with Crippen molar-refractivity contribution in [3.05, 3.63) is 59.1 Å². The number of benzene rings is 4. The number of phenolic OH excluding ortho intramolecular Hbond substituents is 7. The van der Waals surface area contributed by atoms with Gasteiger partial charge in [-0.05, 0) is 27.6 Å². The standard InChI is InChI=1S/C24H16BrNO7/c25-15-18(27)13-14-17(22(31)24(33)23(32)19(14)28)26(16(13)21(30)20(15)29)12-9-5-4-8-11(12)10-6-2-1-3-7-10/h1-9,27-33H. The summed E-state index contributed by atoms with van der Waals surface area (Å²) in [4.78, 5) is 0. The molecule has 0 aliphatic rings. The minimum absolute atomic E-state index is 0.165. The van der Waals surface area contributed by atoms with Crippen LogP contribution in [0.1, 0.15) is 0 Å². The summed E-state index contributed by atoms with van der Waals surface area (Å²) in [6, 6.07) is 16.1. The number of phenols is 7. The molecule has 1 heterocycles. The predicted octanol–water partition coefficient (Wildman–Crippen LogP) is 5.15. The Kier molecular flexibility index (Phi) is 4.47. The number of nitrogens with zero attached hydrogens (tertiary/aromatic N) is 1. The van der Waals surface area contributed by atoms with Gasteiger partial charge in [0.05, 0.1) is 16.5 Å². The zero-order valence-corrected chi connectivity index (χ0v) is 18.2. The van der Waals surface area contributed by atoms with E-state index in [1.54, 1.807) is 24.3 Å². The molecule has 0 saturated carbocycles. The summed E-state index contributed by atoms with van der Waals surface area (Å²) in [5, 5.41) is 73.6. The van der Waals surface area contributed by atoms with Crippen LogP contribution in [-0.2, 0) is 0 Å². The van der Waals surface area contributed by atoms with Crippen LogP contribution in [0, 0.1) is 0 Å². The molecule has 0 atom stereocenters. The van der Waals surface area contributed by atoms with Crippen LogP contribution in [0.25, 0.3) is 38.6 Å². The molecule has 1 aromatic heterocycles. The second kappa shape index (κ2) is 7.14. The Hall–Kier alpha value is -4.24. The maximum atomic E-state index is 10.9. The quantitative estimate of drug-likeness (QED) is 0.128. The van der Waals surface area contributed by atoms with Gasteiger partial charge < -0.3 is 40.3 Å². The molecule has 8 nitrogen and oxygen atoms in total. The van der Waals surface area contributed by atoms with Crippen molar-refractivity contribution in [3.8, 4) is 57.1 Å². The monoisotopic (exact) mass is 509 g/mol. The third kappa shape index (κ3) is 2.69. The minimum atomic E-state index is -1.00. The van der Waals surface area contributed by atoms with Crippen molar-refractivity contribution in [3.63, 3.8) is 0 Å². The van der Waals surface area contributed by atoms with Crippen molar-refractivity contribution in [2.45, 2.75) is 0 Å². The number of hydrogen-bond donors (Lipinski definition) is 7. The van der Waals surface area contributed by atoms with Crippen LogP contribution >= 0.6 is 15.9 Å². The molecule has 0 aliphatic heterocycles. The van der Waals surface area contributed by atoms with Crippen molar-refractivity contribution < 1.29 is 35.7 Å². The van der Waals surface area contributed by atoms with E-state index in [1.165, 1.54) is 4.57 Å². The molecule has 7 N–H and O–H groups in total. The molecular weight excluding hydrogens is 494 g/mol. The molecule has 5 rings (SSSR count). The molecule has 0 amide bonds. The van der Waals surface area contributed by atoms with Gasteiger partial charge in [-0.15, -0.1) is 0 Å². The molecule has 5 aromatic rings. The normalized spacial score (nSPS) is 11.4. The fourth-order valence-electron chi connectivity index (χ4n) is 4.15. The Labute approximate surface area is 194 Å². The summed E-state index contributed by atoms with van der Waals surface area (Å²) in [6.07, 6.45) is 0. The van der Waals surface area contributed by atoms with Gasteiger partial charge in [-0.2, -0.15) is 0 Å². The lowest BCUT2D eigenvalue weighted by molar-refractivity contribution is 0.350. The van der Waals surface area contributed by atoms with E-state index in [0.717, 1.165) is 5.56 Å². The van der Waals surface area contributed by atoms with E-state index in [9.17, 15) is 35.7 Å². The number of aromatic hydroxyl groups is 7. The topological polar surface area (TPSA) is 147 Å². The summed E-state index contributed by atoms with van der Waals surface area (Å²) in [6.45, 7) is 0. The molecule has 0 unspecified atom stereocenters. The molecule has 0 bridgehead atoms. The maximum absolute atomic E-state index is 10.9. The van der Waals surface area contributed by atoms with Crippen molar-refractivity contribution in [2.75, 3.05) is 0 Å². The zero-order valence-electron chi connectivity index (χ0n) is 16.7. The highest BCUT2D eigenvalue weighted by Crippen LogP contribution is 2.58. The first kappa shape index (κ1) is 20.7. The lowest BCUT2D eigenvalue weighted by atomic mass is 10.0. The minimum Gasteiger partial charge on any atom is -0.506 e. The predicted molar refractivity (Wildman–Crippen MR) is 126 cm³/mol. The molecule has 166 valence electrons. The van der Waals surface area contributed by atoms with Crippen LogP contribution in [0.5, 0.6) is 40.2 Å². The van der Waals surface area contributed by atoms with E-state index >= 15 is 0 Å². The van der Waals surface area contributed by atoms with E-state index < -0.39 is 40.2 Å². The van der Waals surface area contributed by atoms with E-state index in [1.807, 2.05) is 30.3 Å². The molecule has 0 aliphatic carbocycles. The second-order valence-electron chi connectivity index (χ2n) is 7.42. The Morgan fingerprint density at radius 1 is 0.515 bits per heavy atom. The number of halogens is 1. The molecule has 33 heavy (non-hydrogen) atoms. The van der Waals surface area contributed by atoms with Gasteiger partial charge in [0.2, 0.25) is 11.5 Å². The van der Waals surface area contributed by atoms with Gasteiger partial charge in [0, 0.05) is 5.56 Å². The summed E-state index contributed by atoms with van der Waals surface area (Å²) >= 11 is 3.00.